The van der Waals surface area contributed by atoms with Gasteiger partial charge in [-0.3, -0.25) is 0 Å². The second-order valence-electron chi connectivity index (χ2n) is 7.19. The molecule has 2 heteroatoms. The molecule has 3 rings (SSSR count). The Bertz CT molecular complexity index is 1240. The second-order valence-corrected chi connectivity index (χ2v) is 7.19. The van der Waals surface area contributed by atoms with Crippen LogP contribution in [0.5, 0.6) is 5.75 Å². The molecule has 0 amide bonds. The number of hydrogen-bond donors (Lipinski definition) is 0. The fraction of sp³-hybridized carbons (Fsp3) is 0.138. The standard InChI is InChI=1S/C29H24O2/c1-5-23-7-9-24(10-8-23)13-16-27-17-14-25(19-21(27)3)11-12-26-15-18-28(22(4)20-26)31-29(30)6-2/h6-10,14-15,17-20H,2,5H2,1,3-4H3. The number of rotatable bonds is 3. The number of carbonyl (C=O) groups is 1. The Morgan fingerprint density at radius 1 is 0.839 bits per heavy atom. The third-order valence-corrected chi connectivity index (χ3v) is 4.83. The predicted molar refractivity (Wildman–Crippen MR) is 126 cm³/mol. The Morgan fingerprint density at radius 3 is 2.00 bits per heavy atom. The van der Waals surface area contributed by atoms with Crippen LogP contribution >= 0.6 is 0 Å². The van der Waals surface area contributed by atoms with E-state index in [0.717, 1.165) is 45.9 Å². The molecule has 3 aromatic carbocycles. The Kier molecular flexibility index (Phi) is 7.10. The highest BCUT2D eigenvalue weighted by molar-refractivity contribution is 5.83. The van der Waals surface area contributed by atoms with E-state index in [1.807, 2.05) is 44.2 Å². The minimum atomic E-state index is -0.474. The van der Waals surface area contributed by atoms with Crippen LogP contribution in [0.1, 0.15) is 45.9 Å². The van der Waals surface area contributed by atoms with E-state index in [1.165, 1.54) is 5.56 Å². The van der Waals surface area contributed by atoms with Gasteiger partial charge in [0.25, 0.3) is 0 Å². The first-order valence-electron chi connectivity index (χ1n) is 10.2. The van der Waals surface area contributed by atoms with Crippen molar-refractivity contribution in [1.29, 1.82) is 0 Å². The van der Waals surface area contributed by atoms with Crippen LogP contribution in [0.2, 0.25) is 0 Å². The summed E-state index contributed by atoms with van der Waals surface area (Å²) in [7, 11) is 0. The summed E-state index contributed by atoms with van der Waals surface area (Å²) in [6.45, 7) is 9.48. The van der Waals surface area contributed by atoms with Crippen molar-refractivity contribution in [2.24, 2.45) is 0 Å². The van der Waals surface area contributed by atoms with E-state index < -0.39 is 5.97 Å². The maximum atomic E-state index is 11.4. The van der Waals surface area contributed by atoms with Crippen molar-refractivity contribution >= 4 is 5.97 Å². The van der Waals surface area contributed by atoms with Gasteiger partial charge in [0.1, 0.15) is 5.75 Å². The zero-order valence-corrected chi connectivity index (χ0v) is 18.1. The lowest BCUT2D eigenvalue weighted by molar-refractivity contribution is -0.129. The van der Waals surface area contributed by atoms with Gasteiger partial charge < -0.3 is 4.74 Å². The van der Waals surface area contributed by atoms with Crippen molar-refractivity contribution in [3.8, 4) is 29.4 Å². The van der Waals surface area contributed by atoms with Gasteiger partial charge in [-0.1, -0.05) is 49.3 Å². The monoisotopic (exact) mass is 404 g/mol. The number of hydrogen-bond acceptors (Lipinski definition) is 2. The molecule has 0 radical (unpaired) electrons. The molecule has 0 aliphatic carbocycles. The molecule has 0 N–H and O–H groups in total. The Balaban J connectivity index is 1.75. The molecule has 0 fully saturated rings. The summed E-state index contributed by atoms with van der Waals surface area (Å²) >= 11 is 0. The highest BCUT2D eigenvalue weighted by Crippen LogP contribution is 2.19. The van der Waals surface area contributed by atoms with Crippen molar-refractivity contribution < 1.29 is 9.53 Å². The number of ether oxygens (including phenoxy) is 1. The molecule has 0 saturated carbocycles. The zero-order chi connectivity index (χ0) is 22.2. The van der Waals surface area contributed by atoms with Crippen molar-refractivity contribution in [3.05, 3.63) is 112 Å². The van der Waals surface area contributed by atoms with Gasteiger partial charge in [0, 0.05) is 28.3 Å². The molecular weight excluding hydrogens is 380 g/mol. The van der Waals surface area contributed by atoms with Crippen molar-refractivity contribution in [3.63, 3.8) is 0 Å². The maximum absolute atomic E-state index is 11.4. The molecule has 0 saturated heterocycles. The second kappa shape index (κ2) is 10.1. The maximum Gasteiger partial charge on any atom is 0.335 e. The third-order valence-electron chi connectivity index (χ3n) is 4.83. The van der Waals surface area contributed by atoms with Crippen LogP contribution in [0.25, 0.3) is 0 Å². The number of aryl methyl sites for hydroxylation is 3. The third kappa shape index (κ3) is 5.99. The summed E-state index contributed by atoms with van der Waals surface area (Å²) < 4.78 is 5.19. The topological polar surface area (TPSA) is 26.3 Å². The lowest BCUT2D eigenvalue weighted by atomic mass is 10.0. The molecule has 0 aliphatic heterocycles. The van der Waals surface area contributed by atoms with Crippen LogP contribution in [0, 0.1) is 37.5 Å². The molecule has 0 atom stereocenters. The number of esters is 1. The zero-order valence-electron chi connectivity index (χ0n) is 18.1. The molecule has 0 aliphatic rings. The summed E-state index contributed by atoms with van der Waals surface area (Å²) in [5, 5.41) is 0. The van der Waals surface area contributed by atoms with Crippen LogP contribution in [0.15, 0.2) is 73.3 Å². The summed E-state index contributed by atoms with van der Waals surface area (Å²) in [5.41, 5.74) is 7.03. The van der Waals surface area contributed by atoms with Crippen LogP contribution in [-0.4, -0.2) is 5.97 Å². The van der Waals surface area contributed by atoms with Crippen LogP contribution < -0.4 is 4.74 Å². The number of carbonyl (C=O) groups excluding carboxylic acids is 1. The molecule has 0 spiro atoms. The van der Waals surface area contributed by atoms with Gasteiger partial charge in [0.05, 0.1) is 0 Å². The first-order valence-corrected chi connectivity index (χ1v) is 10.2. The smallest absolute Gasteiger partial charge is 0.335 e. The molecule has 2 nitrogen and oxygen atoms in total. The first kappa shape index (κ1) is 21.7. The van der Waals surface area contributed by atoms with E-state index >= 15 is 0 Å². The average Bonchev–Trinajstić information content (AvgIpc) is 2.79. The van der Waals surface area contributed by atoms with Crippen LogP contribution in [0.3, 0.4) is 0 Å². The minimum absolute atomic E-state index is 0.474. The minimum Gasteiger partial charge on any atom is -0.423 e. The fourth-order valence-electron chi connectivity index (χ4n) is 2.98. The fourth-order valence-corrected chi connectivity index (χ4v) is 2.98. The summed E-state index contributed by atoms with van der Waals surface area (Å²) in [5.74, 6) is 12.9. The average molecular weight is 405 g/mol. The van der Waals surface area contributed by atoms with Crippen molar-refractivity contribution in [1.82, 2.24) is 0 Å². The van der Waals surface area contributed by atoms with Crippen molar-refractivity contribution in [2.45, 2.75) is 27.2 Å². The van der Waals surface area contributed by atoms with Gasteiger partial charge in [-0.15, -0.1) is 0 Å². The van der Waals surface area contributed by atoms with Gasteiger partial charge >= 0.3 is 5.97 Å². The molecule has 0 unspecified atom stereocenters. The van der Waals surface area contributed by atoms with E-state index in [9.17, 15) is 4.79 Å². The molecule has 3 aromatic rings. The van der Waals surface area contributed by atoms with Crippen molar-refractivity contribution in [2.75, 3.05) is 0 Å². The molecule has 152 valence electrons. The van der Waals surface area contributed by atoms with E-state index in [4.69, 9.17) is 4.74 Å². The van der Waals surface area contributed by atoms with Gasteiger partial charge in [-0.05, 0) is 85.5 Å². The van der Waals surface area contributed by atoms with Gasteiger partial charge in [-0.2, -0.15) is 0 Å². The van der Waals surface area contributed by atoms with Crippen LogP contribution in [0.4, 0.5) is 0 Å². The highest BCUT2D eigenvalue weighted by Gasteiger charge is 2.04. The van der Waals surface area contributed by atoms with E-state index in [1.54, 1.807) is 6.07 Å². The van der Waals surface area contributed by atoms with Gasteiger partial charge in [0.15, 0.2) is 0 Å². The van der Waals surface area contributed by atoms with E-state index in [-0.39, 0.29) is 0 Å². The predicted octanol–water partition coefficient (Wildman–Crippen LogP) is 5.76. The largest absolute Gasteiger partial charge is 0.423 e. The van der Waals surface area contributed by atoms with Crippen LogP contribution in [-0.2, 0) is 11.2 Å². The Labute approximate surface area is 184 Å². The molecule has 0 heterocycles. The summed E-state index contributed by atoms with van der Waals surface area (Å²) in [6, 6.07) is 19.9. The summed E-state index contributed by atoms with van der Waals surface area (Å²) in [4.78, 5) is 11.4. The summed E-state index contributed by atoms with van der Waals surface area (Å²) in [6.07, 6.45) is 2.17. The van der Waals surface area contributed by atoms with E-state index in [2.05, 4.69) is 61.4 Å². The lowest BCUT2D eigenvalue weighted by Crippen LogP contribution is -2.04. The molecular formula is C29H24O2. The lowest BCUT2D eigenvalue weighted by Gasteiger charge is -2.05. The van der Waals surface area contributed by atoms with E-state index in [0.29, 0.717) is 5.75 Å². The highest BCUT2D eigenvalue weighted by atomic mass is 16.5. The first-order chi connectivity index (χ1) is 15.0. The number of benzene rings is 3. The Morgan fingerprint density at radius 2 is 1.42 bits per heavy atom. The normalized spacial score (nSPS) is 9.65. The SMILES string of the molecule is C=CC(=O)Oc1ccc(C#Cc2ccc(C#Cc3ccc(CC)cc3)c(C)c2)cc1C. The quantitative estimate of drug-likeness (QED) is 0.240. The Hall–Kier alpha value is -4.01. The van der Waals surface area contributed by atoms with Gasteiger partial charge in [0.2, 0.25) is 0 Å². The molecule has 31 heavy (non-hydrogen) atoms. The molecule has 0 aromatic heterocycles. The molecule has 0 bridgehead atoms. The van der Waals surface area contributed by atoms with Gasteiger partial charge in [-0.25, -0.2) is 4.79 Å².